The number of rotatable bonds is 2. The van der Waals surface area contributed by atoms with Crippen molar-refractivity contribution in [3.63, 3.8) is 0 Å². The maximum Gasteiger partial charge on any atom is 0.261 e. The van der Waals surface area contributed by atoms with Crippen molar-refractivity contribution in [3.05, 3.63) is 16.3 Å². The van der Waals surface area contributed by atoms with Gasteiger partial charge in [0.15, 0.2) is 5.82 Å². The monoisotopic (exact) mass is 265 g/mol. The molecule has 0 unspecified atom stereocenters. The fourth-order valence-electron chi connectivity index (χ4n) is 1.82. The number of aromatic nitrogens is 2. The van der Waals surface area contributed by atoms with Crippen LogP contribution < -0.4 is 5.73 Å². The second-order valence-electron chi connectivity index (χ2n) is 5.78. The largest absolute Gasteiger partial charge is 0.390 e. The summed E-state index contributed by atoms with van der Waals surface area (Å²) < 4.78 is 5.34. The molecule has 2 aromatic heterocycles. The molecule has 0 aliphatic carbocycles. The van der Waals surface area contributed by atoms with Crippen molar-refractivity contribution in [2.75, 3.05) is 5.73 Å². The minimum atomic E-state index is 0.145. The Morgan fingerprint density at radius 3 is 2.44 bits per heavy atom. The molecule has 2 heterocycles. The zero-order chi connectivity index (χ0) is 13.5. The van der Waals surface area contributed by atoms with Crippen LogP contribution in [0, 0.1) is 19.3 Å². The number of nitrogens with zero attached hydrogens (tertiary/aromatic N) is 2. The van der Waals surface area contributed by atoms with E-state index in [4.69, 9.17) is 10.3 Å². The molecule has 0 radical (unpaired) electrons. The normalized spacial score (nSPS) is 12.1. The first-order chi connectivity index (χ1) is 8.28. The van der Waals surface area contributed by atoms with Gasteiger partial charge in [-0.15, -0.1) is 11.3 Å². The third-order valence-electron chi connectivity index (χ3n) is 2.78. The van der Waals surface area contributed by atoms with Crippen molar-refractivity contribution in [3.8, 4) is 11.5 Å². The molecule has 0 aliphatic rings. The first-order valence-corrected chi connectivity index (χ1v) is 6.78. The van der Waals surface area contributed by atoms with E-state index in [0.717, 1.165) is 28.4 Å². The number of hydrogen-bond acceptors (Lipinski definition) is 5. The lowest BCUT2D eigenvalue weighted by molar-refractivity contribution is 0.374. The van der Waals surface area contributed by atoms with Crippen molar-refractivity contribution in [2.45, 2.75) is 41.0 Å². The van der Waals surface area contributed by atoms with Gasteiger partial charge >= 0.3 is 0 Å². The van der Waals surface area contributed by atoms with Crippen molar-refractivity contribution >= 4 is 16.3 Å². The quantitative estimate of drug-likeness (QED) is 0.901. The minimum absolute atomic E-state index is 0.145. The lowest BCUT2D eigenvalue weighted by Crippen LogP contribution is -2.10. The van der Waals surface area contributed by atoms with Gasteiger partial charge in [0, 0.05) is 11.3 Å². The number of anilines is 1. The lowest BCUT2D eigenvalue weighted by atomic mass is 9.92. The molecule has 0 fully saturated rings. The van der Waals surface area contributed by atoms with E-state index < -0.39 is 0 Å². The fourth-order valence-corrected chi connectivity index (χ4v) is 2.75. The Morgan fingerprint density at radius 1 is 1.28 bits per heavy atom. The summed E-state index contributed by atoms with van der Waals surface area (Å²) in [4.78, 5) is 5.64. The summed E-state index contributed by atoms with van der Waals surface area (Å²) in [6, 6.07) is 0. The van der Waals surface area contributed by atoms with Gasteiger partial charge in [-0.1, -0.05) is 25.9 Å². The van der Waals surface area contributed by atoms with Gasteiger partial charge in [0.2, 0.25) is 0 Å². The number of nitrogens with two attached hydrogens (primary N) is 1. The van der Waals surface area contributed by atoms with Crippen LogP contribution in [0.3, 0.4) is 0 Å². The Hall–Kier alpha value is -1.36. The first-order valence-electron chi connectivity index (χ1n) is 5.96. The molecule has 0 saturated heterocycles. The predicted molar refractivity (Wildman–Crippen MR) is 74.7 cm³/mol. The van der Waals surface area contributed by atoms with Crippen molar-refractivity contribution < 1.29 is 4.52 Å². The molecule has 0 aromatic carbocycles. The van der Waals surface area contributed by atoms with Crippen molar-refractivity contribution in [1.29, 1.82) is 0 Å². The average Bonchev–Trinajstić information content (AvgIpc) is 2.71. The third-order valence-corrected chi connectivity index (χ3v) is 3.82. The van der Waals surface area contributed by atoms with Crippen LogP contribution in [0.1, 0.15) is 37.0 Å². The van der Waals surface area contributed by atoms with E-state index >= 15 is 0 Å². The summed E-state index contributed by atoms with van der Waals surface area (Å²) in [6.45, 7) is 10.5. The van der Waals surface area contributed by atoms with Crippen LogP contribution in [0.4, 0.5) is 5.00 Å². The molecule has 5 heteroatoms. The molecule has 0 bridgehead atoms. The topological polar surface area (TPSA) is 64.9 Å². The summed E-state index contributed by atoms with van der Waals surface area (Å²) in [6.07, 6.45) is 0.790. The van der Waals surface area contributed by atoms with E-state index in [1.807, 2.05) is 13.8 Å². The maximum atomic E-state index is 6.00. The van der Waals surface area contributed by atoms with Crippen LogP contribution in [0.25, 0.3) is 11.5 Å². The SMILES string of the molecule is Cc1sc(N)c(-c2nc(CC(C)(C)C)no2)c1C. The van der Waals surface area contributed by atoms with Crippen LogP contribution in [0.15, 0.2) is 4.52 Å². The molecule has 0 amide bonds. The van der Waals surface area contributed by atoms with E-state index in [-0.39, 0.29) is 5.41 Å². The van der Waals surface area contributed by atoms with Crippen LogP contribution in [-0.2, 0) is 6.42 Å². The molecular formula is C13H19N3OS. The second-order valence-corrected chi connectivity index (χ2v) is 7.03. The Kier molecular flexibility index (Phi) is 3.19. The van der Waals surface area contributed by atoms with Gasteiger partial charge in [0.05, 0.1) is 10.6 Å². The zero-order valence-corrected chi connectivity index (χ0v) is 12.3. The molecule has 98 valence electrons. The Balaban J connectivity index is 2.35. The fraction of sp³-hybridized carbons (Fsp3) is 0.538. The molecule has 0 spiro atoms. The van der Waals surface area contributed by atoms with E-state index in [2.05, 4.69) is 30.9 Å². The Bertz CT molecular complexity index is 563. The summed E-state index contributed by atoms with van der Waals surface area (Å²) in [5.41, 5.74) is 8.17. The van der Waals surface area contributed by atoms with E-state index in [1.165, 1.54) is 4.88 Å². The van der Waals surface area contributed by atoms with Gasteiger partial charge in [-0.3, -0.25) is 0 Å². The Labute approximate surface area is 111 Å². The van der Waals surface area contributed by atoms with Crippen LogP contribution in [0.5, 0.6) is 0 Å². The van der Waals surface area contributed by atoms with Crippen molar-refractivity contribution in [2.24, 2.45) is 5.41 Å². The van der Waals surface area contributed by atoms with Gasteiger partial charge in [0.25, 0.3) is 5.89 Å². The maximum absolute atomic E-state index is 6.00. The van der Waals surface area contributed by atoms with Gasteiger partial charge < -0.3 is 10.3 Å². The highest BCUT2D eigenvalue weighted by atomic mass is 32.1. The van der Waals surface area contributed by atoms with Crippen LogP contribution >= 0.6 is 11.3 Å². The number of hydrogen-bond donors (Lipinski definition) is 1. The van der Waals surface area contributed by atoms with Crippen LogP contribution in [0.2, 0.25) is 0 Å². The van der Waals surface area contributed by atoms with Crippen LogP contribution in [-0.4, -0.2) is 10.1 Å². The van der Waals surface area contributed by atoms with Gasteiger partial charge in [-0.05, 0) is 24.8 Å². The minimum Gasteiger partial charge on any atom is -0.390 e. The second kappa shape index (κ2) is 4.39. The molecule has 0 saturated carbocycles. The highest BCUT2D eigenvalue weighted by Crippen LogP contribution is 2.37. The molecule has 2 rings (SSSR count). The highest BCUT2D eigenvalue weighted by molar-refractivity contribution is 7.16. The predicted octanol–water partition coefficient (Wildman–Crippen LogP) is 3.59. The molecule has 2 N–H and O–H groups in total. The van der Waals surface area contributed by atoms with E-state index in [1.54, 1.807) is 11.3 Å². The molecule has 2 aromatic rings. The molecule has 4 nitrogen and oxygen atoms in total. The van der Waals surface area contributed by atoms with Gasteiger partial charge in [0.1, 0.15) is 0 Å². The number of thiophene rings is 1. The number of aryl methyl sites for hydroxylation is 1. The molecule has 18 heavy (non-hydrogen) atoms. The first kappa shape index (κ1) is 13.1. The average molecular weight is 265 g/mol. The van der Waals surface area contributed by atoms with Gasteiger partial charge in [-0.2, -0.15) is 4.98 Å². The summed E-state index contributed by atoms with van der Waals surface area (Å²) >= 11 is 1.56. The smallest absolute Gasteiger partial charge is 0.261 e. The zero-order valence-electron chi connectivity index (χ0n) is 11.5. The summed E-state index contributed by atoms with van der Waals surface area (Å²) in [7, 11) is 0. The highest BCUT2D eigenvalue weighted by Gasteiger charge is 2.20. The van der Waals surface area contributed by atoms with Crippen molar-refractivity contribution in [1.82, 2.24) is 10.1 Å². The third kappa shape index (κ3) is 2.56. The number of nitrogen functional groups attached to an aromatic ring is 1. The van der Waals surface area contributed by atoms with E-state index in [0.29, 0.717) is 5.89 Å². The van der Waals surface area contributed by atoms with E-state index in [9.17, 15) is 0 Å². The molecule has 0 aliphatic heterocycles. The summed E-state index contributed by atoms with van der Waals surface area (Å²) in [5, 5.41) is 4.78. The molecule has 0 atom stereocenters. The summed E-state index contributed by atoms with van der Waals surface area (Å²) in [5.74, 6) is 1.27. The Morgan fingerprint density at radius 2 is 1.94 bits per heavy atom. The standard InChI is InChI=1S/C13H19N3OS/c1-7-8(2)18-11(14)10(7)12-15-9(16-17-12)6-13(3,4)5/h6,14H2,1-5H3. The molecular weight excluding hydrogens is 246 g/mol. The van der Waals surface area contributed by atoms with Gasteiger partial charge in [-0.25, -0.2) is 0 Å². The lowest BCUT2D eigenvalue weighted by Gasteiger charge is -2.14.